The Labute approximate surface area is 102 Å². The van der Waals surface area contributed by atoms with Gasteiger partial charge < -0.3 is 10.7 Å². The van der Waals surface area contributed by atoms with E-state index in [9.17, 15) is 4.79 Å². The van der Waals surface area contributed by atoms with Crippen LogP contribution in [0.3, 0.4) is 0 Å². The van der Waals surface area contributed by atoms with E-state index in [-0.39, 0.29) is 11.5 Å². The minimum Gasteiger partial charge on any atom is -0.369 e. The molecule has 2 aromatic heterocycles. The lowest BCUT2D eigenvalue weighted by molar-refractivity contribution is 0.761. The molecule has 0 amide bonds. The van der Waals surface area contributed by atoms with Gasteiger partial charge in [0.25, 0.3) is 5.56 Å². The summed E-state index contributed by atoms with van der Waals surface area (Å²) < 4.78 is 1.42. The topological polar surface area (TPSA) is 89.6 Å². The maximum absolute atomic E-state index is 12.2. The van der Waals surface area contributed by atoms with Crippen LogP contribution >= 0.6 is 0 Å². The number of aromatic nitrogens is 4. The molecule has 2 heterocycles. The number of hydrogen-bond donors (Lipinski definition) is 2. The highest BCUT2D eigenvalue weighted by Crippen LogP contribution is 2.07. The fourth-order valence-electron chi connectivity index (χ4n) is 1.85. The lowest BCUT2D eigenvalue weighted by Gasteiger charge is -2.08. The number of H-pyrrole nitrogens is 1. The van der Waals surface area contributed by atoms with Crippen molar-refractivity contribution in [1.82, 2.24) is 19.5 Å². The first-order valence-electron chi connectivity index (χ1n) is 5.49. The number of hydrogen-bond acceptors (Lipinski definition) is 4. The predicted molar refractivity (Wildman–Crippen MR) is 68.1 cm³/mol. The summed E-state index contributed by atoms with van der Waals surface area (Å²) in [6, 6.07) is 9.61. The Bertz CT molecular complexity index is 744. The summed E-state index contributed by atoms with van der Waals surface area (Å²) in [5.41, 5.74) is 7.28. The fraction of sp³-hybridized carbons (Fsp3) is 0.0833. The lowest BCUT2D eigenvalue weighted by atomic mass is 10.2. The van der Waals surface area contributed by atoms with Gasteiger partial charge in [-0.1, -0.05) is 30.3 Å². The van der Waals surface area contributed by atoms with Gasteiger partial charge in [0.2, 0.25) is 5.95 Å². The molecule has 3 N–H and O–H groups in total. The standard InChI is InChI=1S/C12H11N5O/c13-12-16-10-9(14-7-15-10)11(18)17(12)6-8-4-2-1-3-5-8/h1-5,7H,6H2,(H2,13,16)(H,14,15). The SMILES string of the molecule is Nc1nc2[nH]cnc2c(=O)n1Cc1ccccc1. The molecule has 0 aliphatic rings. The molecule has 6 heteroatoms. The number of rotatable bonds is 2. The molecule has 3 rings (SSSR count). The van der Waals surface area contributed by atoms with E-state index in [0.29, 0.717) is 17.7 Å². The Hall–Kier alpha value is -2.63. The van der Waals surface area contributed by atoms with Crippen LogP contribution in [0.1, 0.15) is 5.56 Å². The predicted octanol–water partition coefficient (Wildman–Crippen LogP) is 0.750. The number of nitrogens with two attached hydrogens (primary N) is 1. The highest BCUT2D eigenvalue weighted by atomic mass is 16.1. The van der Waals surface area contributed by atoms with Crippen molar-refractivity contribution >= 4 is 17.1 Å². The average molecular weight is 241 g/mol. The van der Waals surface area contributed by atoms with E-state index in [4.69, 9.17) is 5.73 Å². The quantitative estimate of drug-likeness (QED) is 0.692. The van der Waals surface area contributed by atoms with Crippen molar-refractivity contribution in [3.05, 3.63) is 52.6 Å². The maximum Gasteiger partial charge on any atom is 0.283 e. The summed E-state index contributed by atoms with van der Waals surface area (Å²) in [5, 5.41) is 0. The molecule has 0 spiro atoms. The monoisotopic (exact) mass is 241 g/mol. The second-order valence-corrected chi connectivity index (χ2v) is 3.95. The number of benzene rings is 1. The molecular formula is C12H11N5O. The van der Waals surface area contributed by atoms with Gasteiger partial charge in [0, 0.05) is 0 Å². The second kappa shape index (κ2) is 3.99. The molecule has 90 valence electrons. The van der Waals surface area contributed by atoms with E-state index in [2.05, 4.69) is 15.0 Å². The van der Waals surface area contributed by atoms with Crippen molar-refractivity contribution < 1.29 is 0 Å². The van der Waals surface area contributed by atoms with Crippen molar-refractivity contribution in [3.8, 4) is 0 Å². The van der Waals surface area contributed by atoms with Crippen LogP contribution in [0.4, 0.5) is 5.95 Å². The summed E-state index contributed by atoms with van der Waals surface area (Å²) >= 11 is 0. The summed E-state index contributed by atoms with van der Waals surface area (Å²) in [7, 11) is 0. The first kappa shape index (κ1) is 10.5. The Morgan fingerprint density at radius 3 is 2.83 bits per heavy atom. The highest BCUT2D eigenvalue weighted by molar-refractivity contribution is 5.69. The van der Waals surface area contributed by atoms with Crippen LogP contribution in [0.2, 0.25) is 0 Å². The molecular weight excluding hydrogens is 230 g/mol. The van der Waals surface area contributed by atoms with Crippen LogP contribution in [-0.2, 0) is 6.54 Å². The zero-order valence-electron chi connectivity index (χ0n) is 9.50. The molecule has 0 unspecified atom stereocenters. The number of aromatic amines is 1. The van der Waals surface area contributed by atoms with Crippen molar-refractivity contribution in [2.75, 3.05) is 5.73 Å². The normalized spacial score (nSPS) is 10.9. The zero-order chi connectivity index (χ0) is 12.5. The van der Waals surface area contributed by atoms with Crippen LogP contribution in [0, 0.1) is 0 Å². The van der Waals surface area contributed by atoms with E-state index in [1.54, 1.807) is 0 Å². The molecule has 0 radical (unpaired) electrons. The number of nitrogens with one attached hydrogen (secondary N) is 1. The van der Waals surface area contributed by atoms with Crippen molar-refractivity contribution in [2.24, 2.45) is 0 Å². The van der Waals surface area contributed by atoms with E-state index >= 15 is 0 Å². The summed E-state index contributed by atoms with van der Waals surface area (Å²) in [6.45, 7) is 0.390. The van der Waals surface area contributed by atoms with Gasteiger partial charge in [0.05, 0.1) is 12.9 Å². The first-order chi connectivity index (χ1) is 8.75. The third-order valence-corrected chi connectivity index (χ3v) is 2.75. The van der Waals surface area contributed by atoms with E-state index in [0.717, 1.165) is 5.56 Å². The van der Waals surface area contributed by atoms with E-state index < -0.39 is 0 Å². The number of imidazole rings is 1. The van der Waals surface area contributed by atoms with Gasteiger partial charge in [-0.15, -0.1) is 0 Å². The molecule has 1 aromatic carbocycles. The molecule has 0 saturated heterocycles. The highest BCUT2D eigenvalue weighted by Gasteiger charge is 2.10. The fourth-order valence-corrected chi connectivity index (χ4v) is 1.85. The van der Waals surface area contributed by atoms with Crippen LogP contribution < -0.4 is 11.3 Å². The van der Waals surface area contributed by atoms with Crippen molar-refractivity contribution in [2.45, 2.75) is 6.54 Å². The minimum absolute atomic E-state index is 0.181. The van der Waals surface area contributed by atoms with Gasteiger partial charge in [-0.05, 0) is 5.56 Å². The minimum atomic E-state index is -0.234. The smallest absolute Gasteiger partial charge is 0.283 e. The molecule has 6 nitrogen and oxygen atoms in total. The summed E-state index contributed by atoms with van der Waals surface area (Å²) in [6.07, 6.45) is 1.44. The van der Waals surface area contributed by atoms with Crippen LogP contribution in [0.25, 0.3) is 11.2 Å². The van der Waals surface area contributed by atoms with Crippen LogP contribution in [-0.4, -0.2) is 19.5 Å². The van der Waals surface area contributed by atoms with Crippen LogP contribution in [0.5, 0.6) is 0 Å². The van der Waals surface area contributed by atoms with Gasteiger partial charge in [-0.3, -0.25) is 9.36 Å². The van der Waals surface area contributed by atoms with Gasteiger partial charge in [0.15, 0.2) is 11.2 Å². The third kappa shape index (κ3) is 1.64. The van der Waals surface area contributed by atoms with E-state index in [1.165, 1.54) is 10.9 Å². The second-order valence-electron chi connectivity index (χ2n) is 3.95. The number of nitrogen functional groups attached to an aromatic ring is 1. The van der Waals surface area contributed by atoms with Crippen molar-refractivity contribution in [1.29, 1.82) is 0 Å². The van der Waals surface area contributed by atoms with Gasteiger partial charge >= 0.3 is 0 Å². The molecule has 3 aromatic rings. The molecule has 0 aliphatic heterocycles. The van der Waals surface area contributed by atoms with Gasteiger partial charge in [0.1, 0.15) is 0 Å². The van der Waals surface area contributed by atoms with E-state index in [1.807, 2.05) is 30.3 Å². The third-order valence-electron chi connectivity index (χ3n) is 2.75. The van der Waals surface area contributed by atoms with Crippen molar-refractivity contribution in [3.63, 3.8) is 0 Å². The Kier molecular flexibility index (Phi) is 2.33. The molecule has 0 atom stereocenters. The molecule has 0 fully saturated rings. The van der Waals surface area contributed by atoms with Gasteiger partial charge in [-0.25, -0.2) is 4.98 Å². The molecule has 0 bridgehead atoms. The zero-order valence-corrected chi connectivity index (χ0v) is 9.50. The Balaban J connectivity index is 2.14. The summed E-state index contributed by atoms with van der Waals surface area (Å²) in [4.78, 5) is 23.0. The summed E-state index contributed by atoms with van der Waals surface area (Å²) in [5.74, 6) is 0.181. The Morgan fingerprint density at radius 2 is 2.06 bits per heavy atom. The van der Waals surface area contributed by atoms with Gasteiger partial charge in [-0.2, -0.15) is 4.98 Å². The average Bonchev–Trinajstić information content (AvgIpc) is 2.84. The lowest BCUT2D eigenvalue weighted by Crippen LogP contribution is -2.25. The number of fused-ring (bicyclic) bond motifs is 1. The Morgan fingerprint density at radius 1 is 1.28 bits per heavy atom. The largest absolute Gasteiger partial charge is 0.369 e. The first-order valence-corrected chi connectivity index (χ1v) is 5.49. The molecule has 0 saturated carbocycles. The maximum atomic E-state index is 12.2. The molecule has 0 aliphatic carbocycles. The molecule has 18 heavy (non-hydrogen) atoms. The number of nitrogens with zero attached hydrogens (tertiary/aromatic N) is 3. The van der Waals surface area contributed by atoms with Crippen LogP contribution in [0.15, 0.2) is 41.5 Å². The number of anilines is 1.